The molecule has 1 amide bonds. The van der Waals surface area contributed by atoms with Gasteiger partial charge in [0.05, 0.1) is 6.04 Å². The van der Waals surface area contributed by atoms with Gasteiger partial charge in [0.2, 0.25) is 0 Å². The molecular formula is C14H17NO2. The van der Waals surface area contributed by atoms with Gasteiger partial charge in [0.25, 0.3) is 5.91 Å². The second kappa shape index (κ2) is 5.13. The zero-order valence-corrected chi connectivity index (χ0v) is 9.98. The normalized spacial score (nSPS) is 17.0. The van der Waals surface area contributed by atoms with Gasteiger partial charge >= 0.3 is 0 Å². The Morgan fingerprint density at radius 1 is 1.47 bits per heavy atom. The van der Waals surface area contributed by atoms with Crippen LogP contribution in [0, 0.1) is 0 Å². The van der Waals surface area contributed by atoms with E-state index >= 15 is 0 Å². The maximum Gasteiger partial charge on any atom is 0.251 e. The van der Waals surface area contributed by atoms with Crippen LogP contribution in [-0.4, -0.2) is 18.2 Å². The predicted molar refractivity (Wildman–Crippen MR) is 66.0 cm³/mol. The Bertz CT molecular complexity index is 424. The van der Waals surface area contributed by atoms with Crippen LogP contribution in [0.15, 0.2) is 24.3 Å². The van der Waals surface area contributed by atoms with Crippen LogP contribution in [0.4, 0.5) is 0 Å². The highest BCUT2D eigenvalue weighted by Gasteiger charge is 2.20. The lowest BCUT2D eigenvalue weighted by Gasteiger charge is -2.26. The van der Waals surface area contributed by atoms with E-state index in [0.29, 0.717) is 11.5 Å². The van der Waals surface area contributed by atoms with Gasteiger partial charge in [-0.25, -0.2) is 0 Å². The average molecular weight is 231 g/mol. The Morgan fingerprint density at radius 3 is 2.82 bits per heavy atom. The molecule has 0 aromatic heterocycles. The first-order chi connectivity index (χ1) is 8.20. The van der Waals surface area contributed by atoms with Crippen molar-refractivity contribution in [2.75, 3.05) is 0 Å². The molecule has 1 N–H and O–H groups in total. The van der Waals surface area contributed by atoms with Gasteiger partial charge in [-0.3, -0.25) is 4.79 Å². The fourth-order valence-corrected chi connectivity index (χ4v) is 2.00. The molecule has 1 unspecified atom stereocenters. The second-order valence-corrected chi connectivity index (χ2v) is 4.65. The number of hydrogen-bond donors (Lipinski definition) is 1. The van der Waals surface area contributed by atoms with Gasteiger partial charge in [-0.2, -0.15) is 0 Å². The van der Waals surface area contributed by atoms with Gasteiger partial charge < -0.3 is 10.1 Å². The van der Waals surface area contributed by atoms with E-state index in [4.69, 9.17) is 0 Å². The highest BCUT2D eigenvalue weighted by molar-refractivity contribution is 5.95. The van der Waals surface area contributed by atoms with Crippen molar-refractivity contribution in [1.82, 2.24) is 5.32 Å². The van der Waals surface area contributed by atoms with E-state index in [1.165, 1.54) is 24.8 Å². The van der Waals surface area contributed by atoms with Gasteiger partial charge in [-0.15, -0.1) is 0 Å². The Morgan fingerprint density at radius 2 is 2.24 bits per heavy atom. The molecule has 1 saturated carbocycles. The maximum atomic E-state index is 11.8. The Balaban J connectivity index is 2.09. The highest BCUT2D eigenvalue weighted by atomic mass is 16.2. The van der Waals surface area contributed by atoms with E-state index in [9.17, 15) is 9.59 Å². The third-order valence-corrected chi connectivity index (χ3v) is 3.29. The lowest BCUT2D eigenvalue weighted by Crippen LogP contribution is -2.33. The van der Waals surface area contributed by atoms with Crippen molar-refractivity contribution < 1.29 is 9.59 Å². The van der Waals surface area contributed by atoms with Crippen molar-refractivity contribution in [3.8, 4) is 0 Å². The molecule has 1 atom stereocenters. The molecule has 0 saturated heterocycles. The summed E-state index contributed by atoms with van der Waals surface area (Å²) in [6.45, 7) is 1.67. The lowest BCUT2D eigenvalue weighted by molar-refractivity contribution is -0.109. The Kier molecular flexibility index (Phi) is 3.57. The lowest BCUT2D eigenvalue weighted by atomic mass is 9.79. The molecule has 90 valence electrons. The van der Waals surface area contributed by atoms with Crippen LogP contribution >= 0.6 is 0 Å². The van der Waals surface area contributed by atoms with Crippen LogP contribution in [0.5, 0.6) is 0 Å². The van der Waals surface area contributed by atoms with Gasteiger partial charge in [0.1, 0.15) is 6.29 Å². The van der Waals surface area contributed by atoms with Crippen molar-refractivity contribution in [2.24, 2.45) is 0 Å². The number of amides is 1. The smallest absolute Gasteiger partial charge is 0.251 e. The molecule has 1 fully saturated rings. The molecule has 0 bridgehead atoms. The van der Waals surface area contributed by atoms with E-state index in [-0.39, 0.29) is 5.91 Å². The van der Waals surface area contributed by atoms with E-state index < -0.39 is 6.04 Å². The molecule has 0 heterocycles. The maximum absolute atomic E-state index is 11.8. The fraction of sp³-hybridized carbons (Fsp3) is 0.429. The molecule has 0 spiro atoms. The van der Waals surface area contributed by atoms with Crippen LogP contribution in [-0.2, 0) is 4.79 Å². The van der Waals surface area contributed by atoms with Crippen LogP contribution < -0.4 is 5.32 Å². The van der Waals surface area contributed by atoms with Crippen molar-refractivity contribution >= 4 is 12.2 Å². The van der Waals surface area contributed by atoms with Crippen molar-refractivity contribution in [1.29, 1.82) is 0 Å². The first-order valence-corrected chi connectivity index (χ1v) is 6.07. The standard InChI is InChI=1S/C14H17NO2/c1-10(9-16)15-14(17)13-7-3-6-12(8-13)11-4-2-5-11/h3,6-11H,2,4-5H2,1H3,(H,15,17). The number of rotatable bonds is 4. The summed E-state index contributed by atoms with van der Waals surface area (Å²) in [6, 6.07) is 7.28. The third-order valence-electron chi connectivity index (χ3n) is 3.29. The van der Waals surface area contributed by atoms with Gasteiger partial charge in [0, 0.05) is 5.56 Å². The summed E-state index contributed by atoms with van der Waals surface area (Å²) in [5.74, 6) is 0.442. The Labute approximate surface area is 101 Å². The summed E-state index contributed by atoms with van der Waals surface area (Å²) >= 11 is 0. The molecule has 1 aliphatic carbocycles. The number of carbonyl (C=O) groups is 2. The van der Waals surface area contributed by atoms with Gasteiger partial charge in [-0.1, -0.05) is 18.6 Å². The summed E-state index contributed by atoms with van der Waals surface area (Å²) in [5.41, 5.74) is 1.88. The summed E-state index contributed by atoms with van der Waals surface area (Å²) in [4.78, 5) is 22.3. The van der Waals surface area contributed by atoms with Crippen molar-refractivity contribution in [3.05, 3.63) is 35.4 Å². The summed E-state index contributed by atoms with van der Waals surface area (Å²) in [5, 5.41) is 2.64. The zero-order valence-electron chi connectivity index (χ0n) is 9.98. The minimum Gasteiger partial charge on any atom is -0.343 e. The van der Waals surface area contributed by atoms with Crippen LogP contribution in [0.2, 0.25) is 0 Å². The number of hydrogen-bond acceptors (Lipinski definition) is 2. The molecule has 3 heteroatoms. The van der Waals surface area contributed by atoms with Crippen LogP contribution in [0.3, 0.4) is 0 Å². The summed E-state index contributed by atoms with van der Waals surface area (Å²) < 4.78 is 0. The van der Waals surface area contributed by atoms with Gasteiger partial charge in [-0.05, 0) is 43.4 Å². The number of benzene rings is 1. The third kappa shape index (κ3) is 2.73. The summed E-state index contributed by atoms with van der Waals surface area (Å²) in [7, 11) is 0. The number of aldehydes is 1. The second-order valence-electron chi connectivity index (χ2n) is 4.65. The molecular weight excluding hydrogens is 214 g/mol. The largest absolute Gasteiger partial charge is 0.343 e. The predicted octanol–water partition coefficient (Wildman–Crippen LogP) is 2.27. The summed E-state index contributed by atoms with van der Waals surface area (Å²) in [6.07, 6.45) is 4.45. The van der Waals surface area contributed by atoms with Crippen LogP contribution in [0.1, 0.15) is 48.0 Å². The average Bonchev–Trinajstić information content (AvgIpc) is 2.27. The Hall–Kier alpha value is -1.64. The van der Waals surface area contributed by atoms with Crippen LogP contribution in [0.25, 0.3) is 0 Å². The molecule has 0 aliphatic heterocycles. The van der Waals surface area contributed by atoms with Gasteiger partial charge in [0.15, 0.2) is 0 Å². The number of carbonyl (C=O) groups excluding carboxylic acids is 2. The fourth-order valence-electron chi connectivity index (χ4n) is 2.00. The minimum absolute atomic E-state index is 0.175. The molecule has 0 radical (unpaired) electrons. The van der Waals surface area contributed by atoms with E-state index in [0.717, 1.165) is 6.29 Å². The molecule has 1 aromatic rings. The van der Waals surface area contributed by atoms with E-state index in [1.807, 2.05) is 12.1 Å². The monoisotopic (exact) mass is 231 g/mol. The topological polar surface area (TPSA) is 46.2 Å². The highest BCUT2D eigenvalue weighted by Crippen LogP contribution is 2.36. The molecule has 1 aromatic carbocycles. The molecule has 1 aliphatic rings. The zero-order chi connectivity index (χ0) is 12.3. The first kappa shape index (κ1) is 11.8. The van der Waals surface area contributed by atoms with E-state index in [2.05, 4.69) is 11.4 Å². The van der Waals surface area contributed by atoms with Crippen molar-refractivity contribution in [2.45, 2.75) is 38.1 Å². The number of nitrogens with one attached hydrogen (secondary N) is 1. The first-order valence-electron chi connectivity index (χ1n) is 6.07. The molecule has 17 heavy (non-hydrogen) atoms. The SMILES string of the molecule is CC(C=O)NC(=O)c1cccc(C2CCC2)c1. The minimum atomic E-state index is -0.435. The van der Waals surface area contributed by atoms with E-state index in [1.54, 1.807) is 13.0 Å². The quantitative estimate of drug-likeness (QED) is 0.808. The van der Waals surface area contributed by atoms with Crippen molar-refractivity contribution in [3.63, 3.8) is 0 Å². The molecule has 2 rings (SSSR count). The molecule has 3 nitrogen and oxygen atoms in total.